The van der Waals surface area contributed by atoms with E-state index in [0.29, 0.717) is 29.8 Å². The number of imidazole rings is 1. The molecule has 0 unspecified atom stereocenters. The maximum atomic E-state index is 12.0. The largest absolute Gasteiger partial charge is 0.477 e. The van der Waals surface area contributed by atoms with Crippen molar-refractivity contribution < 1.29 is 24.6 Å². The van der Waals surface area contributed by atoms with Crippen LogP contribution >= 0.6 is 0 Å². The molecule has 0 fully saturated rings. The molecule has 3 aromatic rings. The lowest BCUT2D eigenvalue weighted by atomic mass is 9.96. The molecule has 1 heterocycles. The first-order valence-electron chi connectivity index (χ1n) is 10.5. The number of carbonyl (C=O) groups excluding carboxylic acids is 1. The minimum absolute atomic E-state index is 0.0106. The van der Waals surface area contributed by atoms with E-state index in [4.69, 9.17) is 5.11 Å². The maximum Gasteiger partial charge on any atom is 0.377 e. The highest BCUT2D eigenvalue weighted by Gasteiger charge is 2.24. The fourth-order valence-electron chi connectivity index (χ4n) is 3.75. The van der Waals surface area contributed by atoms with Gasteiger partial charge in [-0.1, -0.05) is 69.3 Å². The van der Waals surface area contributed by atoms with Gasteiger partial charge < -0.3 is 14.8 Å². The van der Waals surface area contributed by atoms with Crippen LogP contribution in [0.2, 0.25) is 0 Å². The van der Waals surface area contributed by atoms with Crippen molar-refractivity contribution in [1.29, 1.82) is 0 Å². The van der Waals surface area contributed by atoms with Crippen molar-refractivity contribution in [2.24, 2.45) is 0 Å². The highest BCUT2D eigenvalue weighted by Crippen LogP contribution is 2.26. The number of nitrogens with zero attached hydrogens (tertiary/aromatic N) is 2. The van der Waals surface area contributed by atoms with Crippen LogP contribution in [-0.2, 0) is 17.8 Å². The predicted octanol–water partition coefficient (Wildman–Crippen LogP) is 4.64. The number of benzene rings is 2. The topological polar surface area (TPSA) is 109 Å². The molecular formula is C25H26N2O5. The molecule has 0 spiro atoms. The quantitative estimate of drug-likeness (QED) is 0.375. The first kappa shape index (κ1) is 22.9. The number of carboxylic acids is 2. The number of aromatic carboxylic acids is 1. The second kappa shape index (κ2) is 9.60. The van der Waals surface area contributed by atoms with Gasteiger partial charge in [0.15, 0.2) is 5.69 Å². The summed E-state index contributed by atoms with van der Waals surface area (Å²) in [5, 5.41) is 18.9. The van der Waals surface area contributed by atoms with Crippen molar-refractivity contribution in [1.82, 2.24) is 9.55 Å². The molecule has 7 nitrogen and oxygen atoms in total. The van der Waals surface area contributed by atoms with Crippen LogP contribution in [0.15, 0.2) is 48.5 Å². The fourth-order valence-corrected chi connectivity index (χ4v) is 3.75. The summed E-state index contributed by atoms with van der Waals surface area (Å²) in [4.78, 5) is 39.8. The van der Waals surface area contributed by atoms with Gasteiger partial charge in [-0.05, 0) is 29.0 Å². The zero-order valence-electron chi connectivity index (χ0n) is 18.3. The van der Waals surface area contributed by atoms with E-state index in [1.54, 1.807) is 22.8 Å². The van der Waals surface area contributed by atoms with Crippen LogP contribution < -0.4 is 0 Å². The zero-order chi connectivity index (χ0) is 23.4. The summed E-state index contributed by atoms with van der Waals surface area (Å²) < 4.78 is 1.76. The van der Waals surface area contributed by atoms with Crippen LogP contribution in [0, 0.1) is 0 Å². The van der Waals surface area contributed by atoms with Gasteiger partial charge in [0, 0.05) is 18.5 Å². The van der Waals surface area contributed by atoms with E-state index in [2.05, 4.69) is 4.98 Å². The minimum atomic E-state index is -1.50. The summed E-state index contributed by atoms with van der Waals surface area (Å²) in [7, 11) is 0. The number of rotatable bonds is 9. The van der Waals surface area contributed by atoms with E-state index in [1.807, 2.05) is 45.0 Å². The van der Waals surface area contributed by atoms with Gasteiger partial charge in [-0.25, -0.2) is 14.6 Å². The molecule has 7 heteroatoms. The number of carboxylic acid groups (broad SMARTS) is 2. The molecule has 32 heavy (non-hydrogen) atoms. The molecule has 166 valence electrons. The van der Waals surface area contributed by atoms with Crippen molar-refractivity contribution in [3.63, 3.8) is 0 Å². The van der Waals surface area contributed by atoms with Crippen LogP contribution in [0.1, 0.15) is 71.0 Å². The van der Waals surface area contributed by atoms with E-state index in [9.17, 15) is 19.5 Å². The summed E-state index contributed by atoms with van der Waals surface area (Å²) in [6, 6.07) is 13.9. The molecule has 0 radical (unpaired) electrons. The van der Waals surface area contributed by atoms with Gasteiger partial charge in [0.1, 0.15) is 5.82 Å². The Morgan fingerprint density at radius 3 is 2.22 bits per heavy atom. The highest BCUT2D eigenvalue weighted by atomic mass is 16.4. The lowest BCUT2D eigenvalue weighted by Crippen LogP contribution is -2.14. The van der Waals surface area contributed by atoms with Crippen LogP contribution in [-0.4, -0.2) is 37.5 Å². The average Bonchev–Trinajstić information content (AvgIpc) is 3.12. The van der Waals surface area contributed by atoms with E-state index in [0.717, 1.165) is 17.8 Å². The molecule has 0 atom stereocenters. The van der Waals surface area contributed by atoms with E-state index in [1.165, 1.54) is 6.07 Å². The molecule has 2 aromatic carbocycles. The third kappa shape index (κ3) is 4.61. The smallest absolute Gasteiger partial charge is 0.377 e. The Balaban J connectivity index is 1.98. The standard InChI is InChI=1S/C25H26N2O5/c1-4-7-20-26-21(15(2)3)22(24(29)30)27(20)14-16-10-12-17(13-11-16)18-8-5-6-9-19(18)23(28)25(31)32/h5-6,8-13,15H,4,7,14H2,1-3H3,(H,29,30)(H,31,32). The van der Waals surface area contributed by atoms with E-state index >= 15 is 0 Å². The summed E-state index contributed by atoms with van der Waals surface area (Å²) in [5.74, 6) is -2.72. The first-order chi connectivity index (χ1) is 15.2. The van der Waals surface area contributed by atoms with Gasteiger partial charge in [0.2, 0.25) is 0 Å². The fraction of sp³-hybridized carbons (Fsp3) is 0.280. The lowest BCUT2D eigenvalue weighted by Gasteiger charge is -2.12. The van der Waals surface area contributed by atoms with Crippen LogP contribution in [0.3, 0.4) is 0 Å². The molecule has 2 N–H and O–H groups in total. The molecule has 0 saturated carbocycles. The number of carbonyl (C=O) groups is 3. The predicted molar refractivity (Wildman–Crippen MR) is 120 cm³/mol. The number of aliphatic carboxylic acids is 1. The van der Waals surface area contributed by atoms with Crippen LogP contribution in [0.5, 0.6) is 0 Å². The van der Waals surface area contributed by atoms with E-state index < -0.39 is 17.7 Å². The average molecular weight is 434 g/mol. The Hall–Kier alpha value is -3.74. The van der Waals surface area contributed by atoms with Crippen molar-refractivity contribution in [3.8, 4) is 11.1 Å². The normalized spacial score (nSPS) is 11.0. The SMILES string of the molecule is CCCc1nc(C(C)C)c(C(=O)O)n1Cc1ccc(-c2ccccc2C(=O)C(=O)O)cc1. The number of aryl methyl sites for hydroxylation is 1. The van der Waals surface area contributed by atoms with Gasteiger partial charge >= 0.3 is 11.9 Å². The number of aromatic nitrogens is 2. The molecular weight excluding hydrogens is 408 g/mol. The van der Waals surface area contributed by atoms with Gasteiger partial charge in [-0.3, -0.25) is 4.79 Å². The third-order valence-electron chi connectivity index (χ3n) is 5.27. The molecule has 0 aliphatic heterocycles. The summed E-state index contributed by atoms with van der Waals surface area (Å²) in [5.41, 5.74) is 3.04. The van der Waals surface area contributed by atoms with Gasteiger partial charge in [0.25, 0.3) is 5.78 Å². The highest BCUT2D eigenvalue weighted by molar-refractivity contribution is 6.41. The van der Waals surface area contributed by atoms with Crippen molar-refractivity contribution in [2.45, 2.75) is 46.1 Å². The summed E-state index contributed by atoms with van der Waals surface area (Å²) in [6.07, 6.45) is 1.52. The zero-order valence-corrected chi connectivity index (χ0v) is 18.3. The first-order valence-corrected chi connectivity index (χ1v) is 10.5. The molecule has 0 saturated heterocycles. The van der Waals surface area contributed by atoms with Gasteiger partial charge in [-0.2, -0.15) is 0 Å². The van der Waals surface area contributed by atoms with Gasteiger partial charge in [-0.15, -0.1) is 0 Å². The summed E-state index contributed by atoms with van der Waals surface area (Å²) >= 11 is 0. The number of hydrogen-bond acceptors (Lipinski definition) is 4. The van der Waals surface area contributed by atoms with Crippen molar-refractivity contribution in [3.05, 3.63) is 76.9 Å². The molecule has 3 rings (SSSR count). The van der Waals surface area contributed by atoms with E-state index in [-0.39, 0.29) is 17.2 Å². The van der Waals surface area contributed by atoms with Crippen molar-refractivity contribution >= 4 is 17.7 Å². The Bertz CT molecular complexity index is 1160. The monoisotopic (exact) mass is 434 g/mol. The second-order valence-electron chi connectivity index (χ2n) is 7.93. The Kier molecular flexibility index (Phi) is 6.88. The Morgan fingerprint density at radius 2 is 1.66 bits per heavy atom. The third-order valence-corrected chi connectivity index (χ3v) is 5.27. The Morgan fingerprint density at radius 1 is 1.00 bits per heavy atom. The number of ketones is 1. The Labute approximate surface area is 186 Å². The van der Waals surface area contributed by atoms with Crippen molar-refractivity contribution in [2.75, 3.05) is 0 Å². The van der Waals surface area contributed by atoms with Crippen LogP contribution in [0.4, 0.5) is 0 Å². The molecule has 1 aromatic heterocycles. The second-order valence-corrected chi connectivity index (χ2v) is 7.93. The van der Waals surface area contributed by atoms with Gasteiger partial charge in [0.05, 0.1) is 5.69 Å². The lowest BCUT2D eigenvalue weighted by molar-refractivity contribution is -0.131. The molecule has 0 bridgehead atoms. The summed E-state index contributed by atoms with van der Waals surface area (Å²) in [6.45, 7) is 6.24. The number of hydrogen-bond donors (Lipinski definition) is 2. The maximum absolute atomic E-state index is 12.0. The number of Topliss-reactive ketones (excluding diaryl/α,β-unsaturated/α-hetero) is 1. The van der Waals surface area contributed by atoms with Crippen LogP contribution in [0.25, 0.3) is 11.1 Å². The molecule has 0 amide bonds. The molecule has 0 aliphatic carbocycles. The molecule has 0 aliphatic rings. The minimum Gasteiger partial charge on any atom is -0.477 e.